The number of carbonyl (C=O) groups excluding carboxylic acids is 2. The summed E-state index contributed by atoms with van der Waals surface area (Å²) in [5, 5.41) is 7.27. The number of nitrogens with one attached hydrogen (secondary N) is 3. The van der Waals surface area contributed by atoms with E-state index in [4.69, 9.17) is 23.7 Å². The summed E-state index contributed by atoms with van der Waals surface area (Å²) in [4.78, 5) is 52.3. The van der Waals surface area contributed by atoms with Crippen LogP contribution in [0.4, 0.5) is 5.82 Å². The van der Waals surface area contributed by atoms with E-state index in [2.05, 4.69) is 43.7 Å². The van der Waals surface area contributed by atoms with Gasteiger partial charge in [0.25, 0.3) is 0 Å². The summed E-state index contributed by atoms with van der Waals surface area (Å²) in [6.07, 6.45) is 12.4. The van der Waals surface area contributed by atoms with E-state index < -0.39 is 11.9 Å². The number of aryl methyl sites for hydroxylation is 2. The van der Waals surface area contributed by atoms with Gasteiger partial charge in [0.15, 0.2) is 0 Å². The molecule has 1 saturated carbocycles. The number of nitrogens with zero attached hydrogens (tertiary/aromatic N) is 5. The van der Waals surface area contributed by atoms with Crippen molar-refractivity contribution >= 4 is 39.7 Å². The van der Waals surface area contributed by atoms with Crippen LogP contribution in [-0.2, 0) is 46.7 Å². The van der Waals surface area contributed by atoms with Crippen molar-refractivity contribution in [2.45, 2.75) is 88.3 Å². The Kier molecular flexibility index (Phi) is 15.0. The first kappa shape index (κ1) is 42.0. The number of piperidine rings is 1. The van der Waals surface area contributed by atoms with E-state index in [1.165, 1.54) is 10.1 Å². The third-order valence-corrected chi connectivity index (χ3v) is 12.0. The summed E-state index contributed by atoms with van der Waals surface area (Å²) < 4.78 is 31.7. The first-order valence-electron chi connectivity index (χ1n) is 21.1. The molecule has 3 N–H and O–H groups in total. The summed E-state index contributed by atoms with van der Waals surface area (Å²) in [5.41, 5.74) is 4.48. The number of imide groups is 1. The van der Waals surface area contributed by atoms with Crippen LogP contribution in [0, 0.1) is 0 Å². The van der Waals surface area contributed by atoms with Crippen molar-refractivity contribution in [2.24, 2.45) is 7.05 Å². The van der Waals surface area contributed by atoms with Crippen LogP contribution in [-0.4, -0.2) is 133 Å². The van der Waals surface area contributed by atoms with Crippen molar-refractivity contribution in [2.75, 3.05) is 85.0 Å². The Morgan fingerprint density at radius 1 is 0.879 bits per heavy atom. The summed E-state index contributed by atoms with van der Waals surface area (Å²) in [5.74, 6) is 0.700. The minimum Gasteiger partial charge on any atom is -0.381 e. The van der Waals surface area contributed by atoms with Gasteiger partial charge in [-0.25, -0.2) is 14.8 Å². The predicted octanol–water partition coefficient (Wildman–Crippen LogP) is 3.84. The van der Waals surface area contributed by atoms with Gasteiger partial charge in [-0.2, -0.15) is 0 Å². The zero-order valence-corrected chi connectivity index (χ0v) is 34.0. The Bertz CT molecular complexity index is 2010. The molecule has 0 spiro atoms. The molecule has 0 bridgehead atoms. The summed E-state index contributed by atoms with van der Waals surface area (Å²) in [6.45, 7) is 6.80. The fraction of sp³-hybridized carbons (Fsp3) is 0.643. The third kappa shape index (κ3) is 10.3. The van der Waals surface area contributed by atoms with Gasteiger partial charge in [0.1, 0.15) is 23.8 Å². The second-order valence-corrected chi connectivity index (χ2v) is 15.7. The van der Waals surface area contributed by atoms with Crippen LogP contribution in [0.25, 0.3) is 22.1 Å². The van der Waals surface area contributed by atoms with E-state index in [0.717, 1.165) is 99.1 Å². The van der Waals surface area contributed by atoms with Crippen molar-refractivity contribution < 1.29 is 33.3 Å². The predicted molar refractivity (Wildman–Crippen MR) is 219 cm³/mol. The number of hydrogen-bond donors (Lipinski definition) is 3. The fourth-order valence-corrected chi connectivity index (χ4v) is 8.75. The smallest absolute Gasteiger partial charge is 0.329 e. The van der Waals surface area contributed by atoms with Gasteiger partial charge in [0, 0.05) is 58.1 Å². The average Bonchev–Trinajstić information content (AvgIpc) is 3.79. The van der Waals surface area contributed by atoms with Gasteiger partial charge in [-0.1, -0.05) is 12.1 Å². The third-order valence-electron chi connectivity index (χ3n) is 12.0. The average molecular weight is 805 g/mol. The number of H-pyrrole nitrogens is 1. The van der Waals surface area contributed by atoms with E-state index in [9.17, 15) is 14.4 Å². The molecular weight excluding hydrogens is 745 g/mol. The zero-order chi connectivity index (χ0) is 40.3. The first-order valence-corrected chi connectivity index (χ1v) is 21.1. The molecule has 1 aliphatic carbocycles. The largest absolute Gasteiger partial charge is 0.381 e. The molecule has 1 atom stereocenters. The number of aromatic nitrogens is 5. The highest BCUT2D eigenvalue weighted by molar-refractivity contribution is 6.00. The molecule has 2 saturated heterocycles. The molecule has 1 aromatic carbocycles. The van der Waals surface area contributed by atoms with E-state index in [0.29, 0.717) is 82.8 Å². The summed E-state index contributed by atoms with van der Waals surface area (Å²) in [6, 6.07) is 6.01. The van der Waals surface area contributed by atoms with E-state index in [-0.39, 0.29) is 18.0 Å². The van der Waals surface area contributed by atoms with Crippen molar-refractivity contribution in [3.05, 3.63) is 52.3 Å². The van der Waals surface area contributed by atoms with Crippen molar-refractivity contribution in [3.63, 3.8) is 0 Å². The Labute approximate surface area is 339 Å². The van der Waals surface area contributed by atoms with Crippen LogP contribution in [0.1, 0.15) is 80.9 Å². The maximum Gasteiger partial charge on any atom is 0.329 e. The fourth-order valence-electron chi connectivity index (χ4n) is 8.75. The van der Waals surface area contributed by atoms with Gasteiger partial charge in [-0.15, -0.1) is 0 Å². The highest BCUT2D eigenvalue weighted by Gasteiger charge is 2.32. The van der Waals surface area contributed by atoms with Crippen LogP contribution in [0.2, 0.25) is 0 Å². The number of anilines is 1. The van der Waals surface area contributed by atoms with Gasteiger partial charge in [0.05, 0.1) is 62.7 Å². The molecule has 7 rings (SSSR count). The van der Waals surface area contributed by atoms with Crippen LogP contribution >= 0.6 is 0 Å². The molecule has 4 aromatic rings. The second-order valence-electron chi connectivity index (χ2n) is 15.7. The quantitative estimate of drug-likeness (QED) is 0.0822. The molecule has 16 nitrogen and oxygen atoms in total. The molecule has 316 valence electrons. The number of amides is 2. The highest BCUT2D eigenvalue weighted by atomic mass is 16.6. The number of rotatable bonds is 21. The Morgan fingerprint density at radius 3 is 2.31 bits per heavy atom. The molecule has 16 heteroatoms. The highest BCUT2D eigenvalue weighted by Crippen LogP contribution is 2.36. The number of imidazole rings is 1. The van der Waals surface area contributed by atoms with Crippen molar-refractivity contribution in [1.82, 2.24) is 34.3 Å². The molecule has 3 aliphatic rings. The van der Waals surface area contributed by atoms with Gasteiger partial charge in [0.2, 0.25) is 11.8 Å². The molecule has 1 unspecified atom stereocenters. The SMILES string of the molecule is Cn1c(=O)n(C2CCC(=O)NC2=O)c2cccc(CCCOCCOCCOCCOCCN(C)[C@H]3CC[C@H](Nc4ncnc5[nH]cc(C6CCOCC6)c45)CC3)c21. The van der Waals surface area contributed by atoms with Gasteiger partial charge >= 0.3 is 5.69 Å². The zero-order valence-electron chi connectivity index (χ0n) is 34.0. The summed E-state index contributed by atoms with van der Waals surface area (Å²) >= 11 is 0. The van der Waals surface area contributed by atoms with Gasteiger partial charge in [-0.05, 0) is 87.9 Å². The lowest BCUT2D eigenvalue weighted by Gasteiger charge is -2.35. The molecule has 5 heterocycles. The van der Waals surface area contributed by atoms with Crippen LogP contribution in [0.5, 0.6) is 0 Å². The second kappa shape index (κ2) is 20.7. The van der Waals surface area contributed by atoms with Gasteiger partial charge < -0.3 is 38.9 Å². The Balaban J connectivity index is 0.697. The lowest BCUT2D eigenvalue weighted by molar-refractivity contribution is -0.135. The number of ether oxygens (including phenoxy) is 5. The molecule has 0 radical (unpaired) electrons. The summed E-state index contributed by atoms with van der Waals surface area (Å²) in [7, 11) is 3.92. The molecule has 2 aliphatic heterocycles. The molecule has 3 fully saturated rings. The number of fused-ring (bicyclic) bond motifs is 2. The number of para-hydroxylation sites is 1. The number of likely N-dealkylation sites (N-methyl/N-ethyl adjacent to an activating group) is 1. The van der Waals surface area contributed by atoms with E-state index >= 15 is 0 Å². The van der Waals surface area contributed by atoms with Crippen molar-refractivity contribution in [3.8, 4) is 0 Å². The maximum absolute atomic E-state index is 13.1. The molecule has 2 amide bonds. The normalized spacial score (nSPS) is 20.7. The standard InChI is InChI=1S/C42H60N8O8/c1-48(32-10-8-31(9-11-32)46-40-37-33(29-14-18-55-19-15-29)27-43-39(37)44-28-45-40)16-20-56-22-24-58-26-25-57-23-21-54-17-4-6-30-5-3-7-34-38(30)49(2)42(53)50(34)35-12-13-36(51)47-41(35)52/h3,5,7,27-29,31-32,35H,4,6,8-26H2,1-2H3,(H,47,51,52)(H2,43,44,45,46)/t31-,32-,35?. The lowest BCUT2D eigenvalue weighted by Crippen LogP contribution is -2.44. The number of aromatic amines is 1. The minimum absolute atomic E-state index is 0.214. The number of hydrogen-bond acceptors (Lipinski definition) is 12. The Morgan fingerprint density at radius 2 is 1.59 bits per heavy atom. The molecule has 3 aromatic heterocycles. The molecule has 58 heavy (non-hydrogen) atoms. The monoisotopic (exact) mass is 804 g/mol. The number of carbonyl (C=O) groups is 2. The van der Waals surface area contributed by atoms with E-state index in [1.807, 2.05) is 18.2 Å². The minimum atomic E-state index is -0.694. The maximum atomic E-state index is 13.1. The molecular formula is C42H60N8O8. The van der Waals surface area contributed by atoms with Gasteiger partial charge in [-0.3, -0.25) is 24.0 Å². The topological polar surface area (TPSA) is 176 Å². The Hall–Kier alpha value is -4.19. The van der Waals surface area contributed by atoms with Crippen LogP contribution in [0.3, 0.4) is 0 Å². The first-order chi connectivity index (χ1) is 28.4. The van der Waals surface area contributed by atoms with Crippen molar-refractivity contribution in [1.29, 1.82) is 0 Å². The van der Waals surface area contributed by atoms with Crippen LogP contribution < -0.4 is 16.3 Å². The van der Waals surface area contributed by atoms with Crippen LogP contribution in [0.15, 0.2) is 35.5 Å². The number of benzene rings is 1. The van der Waals surface area contributed by atoms with E-state index in [1.54, 1.807) is 17.9 Å². The lowest BCUT2D eigenvalue weighted by atomic mass is 9.89.